The summed E-state index contributed by atoms with van der Waals surface area (Å²) < 4.78 is 13.8. The lowest BCUT2D eigenvalue weighted by Crippen LogP contribution is -2.46. The summed E-state index contributed by atoms with van der Waals surface area (Å²) >= 11 is 0. The lowest BCUT2D eigenvalue weighted by atomic mass is 9.68. The Morgan fingerprint density at radius 2 is 1.87 bits per heavy atom. The molecule has 31 heavy (non-hydrogen) atoms. The number of hydrogen-bond donors (Lipinski definition) is 3. The highest BCUT2D eigenvalue weighted by Crippen LogP contribution is 2.31. The van der Waals surface area contributed by atoms with Crippen molar-refractivity contribution in [2.45, 2.75) is 5.94 Å². The number of carbonyl (C=O) groups is 2. The third-order valence-corrected chi connectivity index (χ3v) is 4.24. The zero-order valence-electron chi connectivity index (χ0n) is 15.6. The number of hydrogen-bond acceptors (Lipinski definition) is 7. The zero-order valence-corrected chi connectivity index (χ0v) is 15.6. The van der Waals surface area contributed by atoms with Gasteiger partial charge in [-0.3, -0.25) is 25.0 Å². The van der Waals surface area contributed by atoms with Crippen LogP contribution in [0.25, 0.3) is 10.9 Å². The molecular weight excluding hydrogens is 411 g/mol. The van der Waals surface area contributed by atoms with Gasteiger partial charge in [-0.2, -0.15) is 4.39 Å². The van der Waals surface area contributed by atoms with Gasteiger partial charge in [0, 0.05) is 11.6 Å². The first kappa shape index (κ1) is 21.5. The number of fused-ring (bicyclic) bond motifs is 1. The smallest absolute Gasteiger partial charge is 0.311 e. The molecule has 0 saturated carbocycles. The summed E-state index contributed by atoms with van der Waals surface area (Å²) in [4.78, 5) is 46.4. The monoisotopic (exact) mass is 423 g/mol. The van der Waals surface area contributed by atoms with E-state index < -0.39 is 44.5 Å². The van der Waals surface area contributed by atoms with Crippen molar-refractivity contribution in [3.63, 3.8) is 0 Å². The SMILES string of the molecule is O=CC([B]Nc1cc(F)c([N+](=O)[O-])cc1[N+](=O)[O-])NC(=O)[B]c1c[nH]c2ccccc12. The van der Waals surface area contributed by atoms with Crippen LogP contribution in [0.1, 0.15) is 0 Å². The van der Waals surface area contributed by atoms with Crippen LogP contribution in [0.15, 0.2) is 42.6 Å². The van der Waals surface area contributed by atoms with Crippen LogP contribution in [0.2, 0.25) is 0 Å². The van der Waals surface area contributed by atoms with E-state index in [0.29, 0.717) is 23.9 Å². The Balaban J connectivity index is 1.68. The van der Waals surface area contributed by atoms with E-state index in [1.54, 1.807) is 18.3 Å². The van der Waals surface area contributed by atoms with Crippen molar-refractivity contribution >= 4 is 60.2 Å². The van der Waals surface area contributed by atoms with E-state index in [0.717, 1.165) is 18.3 Å². The number of para-hydroxylation sites is 1. The molecule has 1 amide bonds. The molecule has 154 valence electrons. The number of nitrogens with one attached hydrogen (secondary N) is 3. The van der Waals surface area contributed by atoms with E-state index in [-0.39, 0.29) is 0 Å². The van der Waals surface area contributed by atoms with Gasteiger partial charge in [-0.15, -0.1) is 0 Å². The molecule has 0 aliphatic heterocycles. The normalized spacial score (nSPS) is 11.4. The van der Waals surface area contributed by atoms with Crippen molar-refractivity contribution in [1.82, 2.24) is 10.3 Å². The summed E-state index contributed by atoms with van der Waals surface area (Å²) in [5, 5.41) is 27.4. The minimum absolute atomic E-state index is 0.349. The average Bonchev–Trinajstić information content (AvgIpc) is 3.13. The number of aromatic amines is 1. The van der Waals surface area contributed by atoms with Gasteiger partial charge in [0.25, 0.3) is 20.4 Å². The Hall–Kier alpha value is -4.22. The highest BCUT2D eigenvalue weighted by Gasteiger charge is 2.26. The number of rotatable bonds is 9. The largest absolute Gasteiger partial charge is 0.424 e. The number of nitro benzene ring substituents is 2. The summed E-state index contributed by atoms with van der Waals surface area (Å²) in [7, 11) is 2.25. The summed E-state index contributed by atoms with van der Waals surface area (Å²) in [5.74, 6) is -3.15. The van der Waals surface area contributed by atoms with Crippen molar-refractivity contribution in [2.24, 2.45) is 0 Å². The maximum Gasteiger partial charge on any atom is 0.311 e. The predicted octanol–water partition coefficient (Wildman–Crippen LogP) is 1.42. The average molecular weight is 423 g/mol. The fourth-order valence-corrected chi connectivity index (χ4v) is 2.81. The number of aldehydes is 1. The molecule has 14 heteroatoms. The molecule has 0 spiro atoms. The second-order valence-electron chi connectivity index (χ2n) is 6.25. The number of aromatic nitrogens is 1. The number of H-pyrrole nitrogens is 1. The molecule has 1 heterocycles. The van der Waals surface area contributed by atoms with Crippen molar-refractivity contribution < 1.29 is 23.8 Å². The minimum Gasteiger partial charge on any atom is -0.424 e. The molecule has 0 aliphatic rings. The van der Waals surface area contributed by atoms with Gasteiger partial charge in [0.1, 0.15) is 12.0 Å². The third kappa shape index (κ3) is 4.86. The highest BCUT2D eigenvalue weighted by molar-refractivity contribution is 6.85. The molecule has 1 unspecified atom stereocenters. The lowest BCUT2D eigenvalue weighted by molar-refractivity contribution is -0.395. The van der Waals surface area contributed by atoms with Gasteiger partial charge < -0.3 is 20.3 Å². The quantitative estimate of drug-likeness (QED) is 0.203. The molecule has 0 fully saturated rings. The molecule has 1 atom stereocenters. The molecule has 3 rings (SSSR count). The molecule has 0 aliphatic carbocycles. The van der Waals surface area contributed by atoms with Gasteiger partial charge in [0.15, 0.2) is 5.81 Å². The summed E-state index contributed by atoms with van der Waals surface area (Å²) in [5.41, 5.74) is -0.862. The molecule has 2 aromatic carbocycles. The van der Waals surface area contributed by atoms with Gasteiger partial charge in [-0.1, -0.05) is 18.2 Å². The maximum atomic E-state index is 13.8. The summed E-state index contributed by atoms with van der Waals surface area (Å²) in [6, 6.07) is 8.28. The van der Waals surface area contributed by atoms with Crippen LogP contribution < -0.4 is 16.0 Å². The van der Waals surface area contributed by atoms with Crippen LogP contribution in [-0.2, 0) is 4.79 Å². The minimum atomic E-state index is -1.30. The Morgan fingerprint density at radius 1 is 1.16 bits per heavy atom. The van der Waals surface area contributed by atoms with Crippen LogP contribution in [0.3, 0.4) is 0 Å². The molecule has 3 N–H and O–H groups in total. The van der Waals surface area contributed by atoms with E-state index in [1.807, 2.05) is 12.1 Å². The first-order valence-corrected chi connectivity index (χ1v) is 8.69. The second-order valence-corrected chi connectivity index (χ2v) is 6.25. The molecule has 2 radical (unpaired) electrons. The van der Waals surface area contributed by atoms with E-state index in [2.05, 4.69) is 15.5 Å². The van der Waals surface area contributed by atoms with Crippen LogP contribution >= 0.6 is 0 Å². The van der Waals surface area contributed by atoms with Gasteiger partial charge in [-0.05, 0) is 23.1 Å². The lowest BCUT2D eigenvalue weighted by Gasteiger charge is -2.13. The van der Waals surface area contributed by atoms with Crippen molar-refractivity contribution in [1.29, 1.82) is 0 Å². The van der Waals surface area contributed by atoms with E-state index in [9.17, 15) is 34.2 Å². The number of halogens is 1. The van der Waals surface area contributed by atoms with Crippen LogP contribution in [-0.4, -0.2) is 47.6 Å². The fourth-order valence-electron chi connectivity index (χ4n) is 2.81. The highest BCUT2D eigenvalue weighted by atomic mass is 19.1. The Labute approximate surface area is 174 Å². The standard InChI is InChI=1S/C17H12B2FN5O6/c20-11-5-13(15(25(30)31)6-14(11)24(28)29)23-19-16(8-26)22-17(27)18-10-7-21-12-4-2-1-3-9(10)12/h1-8,16,21,23H,(H,22,27). The number of anilines is 1. The van der Waals surface area contributed by atoms with Crippen LogP contribution in [0, 0.1) is 26.0 Å². The summed E-state index contributed by atoms with van der Waals surface area (Å²) in [6.07, 6.45) is 1.96. The zero-order chi connectivity index (χ0) is 22.5. The molecular formula is C17H12B2FN5O6. The fraction of sp³-hybridized carbons (Fsp3) is 0.0588. The van der Waals surface area contributed by atoms with Crippen LogP contribution in [0.5, 0.6) is 0 Å². The Bertz CT molecular complexity index is 1190. The molecule has 1 aromatic heterocycles. The molecule has 0 saturated heterocycles. The van der Waals surface area contributed by atoms with E-state index in [4.69, 9.17) is 0 Å². The predicted molar refractivity (Wildman–Crippen MR) is 111 cm³/mol. The number of carbonyl (C=O) groups excluding carboxylic acids is 2. The maximum absolute atomic E-state index is 13.8. The number of nitro groups is 2. The number of amides is 1. The Morgan fingerprint density at radius 3 is 2.55 bits per heavy atom. The van der Waals surface area contributed by atoms with Gasteiger partial charge >= 0.3 is 5.69 Å². The van der Waals surface area contributed by atoms with Crippen molar-refractivity contribution in [2.75, 3.05) is 5.23 Å². The Kier molecular flexibility index (Phi) is 6.29. The number of benzene rings is 2. The van der Waals surface area contributed by atoms with Gasteiger partial charge in [-0.25, -0.2) is 0 Å². The van der Waals surface area contributed by atoms with Crippen molar-refractivity contribution in [3.05, 3.63) is 68.6 Å². The molecule has 3 aromatic rings. The van der Waals surface area contributed by atoms with Gasteiger partial charge in [0.05, 0.1) is 21.9 Å². The van der Waals surface area contributed by atoms with Gasteiger partial charge in [0.2, 0.25) is 5.82 Å². The van der Waals surface area contributed by atoms with Crippen molar-refractivity contribution in [3.8, 4) is 0 Å². The first-order valence-electron chi connectivity index (χ1n) is 8.69. The topological polar surface area (TPSA) is 160 Å². The first-order chi connectivity index (χ1) is 14.8. The third-order valence-electron chi connectivity index (χ3n) is 4.24. The van der Waals surface area contributed by atoms with Crippen LogP contribution in [0.4, 0.5) is 26.2 Å². The molecule has 0 bridgehead atoms. The van der Waals surface area contributed by atoms with E-state index in [1.165, 1.54) is 7.28 Å². The molecule has 11 nitrogen and oxygen atoms in total. The summed E-state index contributed by atoms with van der Waals surface area (Å²) in [6.45, 7) is 0. The van der Waals surface area contributed by atoms with E-state index >= 15 is 0 Å². The number of nitrogens with zero attached hydrogens (tertiary/aromatic N) is 2. The second kappa shape index (κ2) is 9.07.